The van der Waals surface area contributed by atoms with E-state index in [-0.39, 0.29) is 17.9 Å². The first-order chi connectivity index (χ1) is 12.1. The Kier molecular flexibility index (Phi) is 4.79. The van der Waals surface area contributed by atoms with E-state index in [0.717, 1.165) is 16.8 Å². The number of anilines is 1. The zero-order valence-electron chi connectivity index (χ0n) is 14.2. The molecule has 0 spiro atoms. The van der Waals surface area contributed by atoms with E-state index >= 15 is 0 Å². The van der Waals surface area contributed by atoms with Crippen molar-refractivity contribution in [3.8, 4) is 0 Å². The van der Waals surface area contributed by atoms with Crippen molar-refractivity contribution in [1.82, 2.24) is 14.7 Å². The minimum absolute atomic E-state index is 0.0237. The van der Waals surface area contributed by atoms with Crippen LogP contribution < -0.4 is 10.6 Å². The van der Waals surface area contributed by atoms with Gasteiger partial charge < -0.3 is 15.0 Å². The van der Waals surface area contributed by atoms with Gasteiger partial charge >= 0.3 is 0 Å². The molecule has 0 aliphatic rings. The first-order valence-corrected chi connectivity index (χ1v) is 8.19. The van der Waals surface area contributed by atoms with Crippen LogP contribution in [0, 0.1) is 0 Å². The average molecular weight is 336 g/mol. The third-order valence-electron chi connectivity index (χ3n) is 4.04. The van der Waals surface area contributed by atoms with Crippen molar-refractivity contribution in [3.63, 3.8) is 0 Å². The van der Waals surface area contributed by atoms with Gasteiger partial charge in [0.25, 0.3) is 5.91 Å². The molecule has 0 saturated heterocycles. The van der Waals surface area contributed by atoms with Crippen molar-refractivity contribution in [2.75, 3.05) is 5.32 Å². The number of carbonyl (C=O) groups excluding carboxylic acids is 2. The number of aromatic nitrogens is 2. The van der Waals surface area contributed by atoms with Crippen LogP contribution in [-0.2, 0) is 4.79 Å². The van der Waals surface area contributed by atoms with Gasteiger partial charge in [-0.25, -0.2) is 4.98 Å². The van der Waals surface area contributed by atoms with E-state index in [0.29, 0.717) is 12.0 Å². The monoisotopic (exact) mass is 336 g/mol. The molecular weight excluding hydrogens is 316 g/mol. The van der Waals surface area contributed by atoms with Gasteiger partial charge in [0, 0.05) is 23.9 Å². The molecule has 0 aliphatic carbocycles. The SMILES string of the molecule is CCC(=O)Nc1ccc([C@@H](C)NC(=O)c2ccn3cncc3c2)cc1. The summed E-state index contributed by atoms with van der Waals surface area (Å²) in [6.45, 7) is 3.73. The van der Waals surface area contributed by atoms with Crippen LogP contribution in [0.4, 0.5) is 5.69 Å². The van der Waals surface area contributed by atoms with Crippen LogP contribution >= 0.6 is 0 Å². The largest absolute Gasteiger partial charge is 0.346 e. The highest BCUT2D eigenvalue weighted by atomic mass is 16.2. The lowest BCUT2D eigenvalue weighted by Gasteiger charge is -2.15. The van der Waals surface area contributed by atoms with E-state index in [2.05, 4.69) is 15.6 Å². The molecule has 2 heterocycles. The second kappa shape index (κ2) is 7.17. The Hall–Kier alpha value is -3.15. The molecule has 2 N–H and O–H groups in total. The smallest absolute Gasteiger partial charge is 0.251 e. The molecule has 0 fully saturated rings. The molecule has 0 bridgehead atoms. The number of hydrogen-bond acceptors (Lipinski definition) is 3. The van der Waals surface area contributed by atoms with Gasteiger partial charge in [-0.2, -0.15) is 0 Å². The number of nitrogens with one attached hydrogen (secondary N) is 2. The zero-order chi connectivity index (χ0) is 17.8. The van der Waals surface area contributed by atoms with E-state index in [1.54, 1.807) is 24.7 Å². The topological polar surface area (TPSA) is 75.5 Å². The standard InChI is InChI=1S/C19H20N4O2/c1-3-18(24)22-16-6-4-14(5-7-16)13(2)21-19(25)15-8-9-23-12-20-11-17(23)10-15/h4-13H,3H2,1-2H3,(H,21,25)(H,22,24)/t13-/m1/s1. The maximum absolute atomic E-state index is 12.4. The summed E-state index contributed by atoms with van der Waals surface area (Å²) < 4.78 is 1.85. The molecule has 6 heteroatoms. The summed E-state index contributed by atoms with van der Waals surface area (Å²) in [5, 5.41) is 5.79. The summed E-state index contributed by atoms with van der Waals surface area (Å²) in [4.78, 5) is 27.9. The van der Waals surface area contributed by atoms with Crippen molar-refractivity contribution in [3.05, 3.63) is 66.2 Å². The quantitative estimate of drug-likeness (QED) is 0.751. The number of fused-ring (bicyclic) bond motifs is 1. The van der Waals surface area contributed by atoms with Crippen LogP contribution in [0.2, 0.25) is 0 Å². The number of hydrogen-bond donors (Lipinski definition) is 2. The van der Waals surface area contributed by atoms with Gasteiger partial charge in [-0.15, -0.1) is 0 Å². The van der Waals surface area contributed by atoms with Gasteiger partial charge in [-0.1, -0.05) is 19.1 Å². The lowest BCUT2D eigenvalue weighted by atomic mass is 10.1. The number of rotatable bonds is 5. The molecule has 128 valence electrons. The van der Waals surface area contributed by atoms with E-state index in [1.807, 2.05) is 48.7 Å². The number of imidazole rings is 1. The molecule has 3 aromatic rings. The molecular formula is C19H20N4O2. The lowest BCUT2D eigenvalue weighted by molar-refractivity contribution is -0.115. The van der Waals surface area contributed by atoms with Crippen molar-refractivity contribution < 1.29 is 9.59 Å². The lowest BCUT2D eigenvalue weighted by Crippen LogP contribution is -2.26. The van der Waals surface area contributed by atoms with Gasteiger partial charge in [-0.05, 0) is 36.8 Å². The summed E-state index contributed by atoms with van der Waals surface area (Å²) in [6.07, 6.45) is 5.66. The maximum atomic E-state index is 12.4. The van der Waals surface area contributed by atoms with E-state index in [4.69, 9.17) is 0 Å². The number of amides is 2. The minimum Gasteiger partial charge on any atom is -0.346 e. The van der Waals surface area contributed by atoms with Gasteiger partial charge in [-0.3, -0.25) is 9.59 Å². The minimum atomic E-state index is -0.149. The Labute approximate surface area is 145 Å². The van der Waals surface area contributed by atoms with Crippen LogP contribution in [0.3, 0.4) is 0 Å². The van der Waals surface area contributed by atoms with Crippen molar-refractivity contribution in [1.29, 1.82) is 0 Å². The molecule has 25 heavy (non-hydrogen) atoms. The predicted molar refractivity (Wildman–Crippen MR) is 96.4 cm³/mol. The van der Waals surface area contributed by atoms with Crippen molar-refractivity contribution in [2.45, 2.75) is 26.3 Å². The second-order valence-corrected chi connectivity index (χ2v) is 5.86. The normalized spacial score (nSPS) is 11.9. The molecule has 2 amide bonds. The summed E-state index contributed by atoms with van der Waals surface area (Å²) in [5.74, 6) is -0.163. The fourth-order valence-corrected chi connectivity index (χ4v) is 2.53. The van der Waals surface area contributed by atoms with Crippen LogP contribution in [0.25, 0.3) is 5.52 Å². The Morgan fingerprint density at radius 1 is 1.20 bits per heavy atom. The molecule has 0 saturated carbocycles. The van der Waals surface area contributed by atoms with Gasteiger partial charge in [0.1, 0.15) is 0 Å². The molecule has 6 nitrogen and oxygen atoms in total. The summed E-state index contributed by atoms with van der Waals surface area (Å²) >= 11 is 0. The van der Waals surface area contributed by atoms with Crippen molar-refractivity contribution in [2.24, 2.45) is 0 Å². The molecule has 2 aromatic heterocycles. The highest BCUT2D eigenvalue weighted by molar-refractivity contribution is 5.95. The molecule has 0 unspecified atom stereocenters. The predicted octanol–water partition coefficient (Wildman–Crippen LogP) is 3.17. The average Bonchev–Trinajstić information content (AvgIpc) is 3.09. The highest BCUT2D eigenvalue weighted by Crippen LogP contribution is 2.17. The fraction of sp³-hybridized carbons (Fsp3) is 0.211. The van der Waals surface area contributed by atoms with Gasteiger partial charge in [0.15, 0.2) is 0 Å². The van der Waals surface area contributed by atoms with E-state index in [1.165, 1.54) is 0 Å². The molecule has 1 atom stereocenters. The number of nitrogens with zero attached hydrogens (tertiary/aromatic N) is 2. The second-order valence-electron chi connectivity index (χ2n) is 5.86. The molecule has 0 aliphatic heterocycles. The number of pyridine rings is 1. The van der Waals surface area contributed by atoms with Crippen molar-refractivity contribution >= 4 is 23.0 Å². The Morgan fingerprint density at radius 3 is 2.68 bits per heavy atom. The van der Waals surface area contributed by atoms with Gasteiger partial charge in [0.2, 0.25) is 5.91 Å². The van der Waals surface area contributed by atoms with E-state index < -0.39 is 0 Å². The molecule has 0 radical (unpaired) electrons. The third-order valence-corrected chi connectivity index (χ3v) is 4.04. The first kappa shape index (κ1) is 16.7. The van der Waals surface area contributed by atoms with Crippen LogP contribution in [0.5, 0.6) is 0 Å². The maximum Gasteiger partial charge on any atom is 0.251 e. The fourth-order valence-electron chi connectivity index (χ4n) is 2.53. The van der Waals surface area contributed by atoms with Crippen LogP contribution in [0.1, 0.15) is 42.2 Å². The summed E-state index contributed by atoms with van der Waals surface area (Å²) in [5.41, 5.74) is 3.18. The Bertz CT molecular complexity index is 899. The Morgan fingerprint density at radius 2 is 1.96 bits per heavy atom. The number of benzene rings is 1. The molecule has 3 rings (SSSR count). The van der Waals surface area contributed by atoms with E-state index in [9.17, 15) is 9.59 Å². The van der Waals surface area contributed by atoms with Gasteiger partial charge in [0.05, 0.1) is 24.1 Å². The zero-order valence-corrected chi connectivity index (χ0v) is 14.2. The molecule has 1 aromatic carbocycles. The summed E-state index contributed by atoms with van der Waals surface area (Å²) in [6, 6.07) is 10.9. The first-order valence-electron chi connectivity index (χ1n) is 8.19. The Balaban J connectivity index is 1.67. The van der Waals surface area contributed by atoms with Crippen LogP contribution in [-0.4, -0.2) is 21.2 Å². The summed E-state index contributed by atoms with van der Waals surface area (Å²) in [7, 11) is 0. The number of carbonyl (C=O) groups is 2. The van der Waals surface area contributed by atoms with Crippen LogP contribution in [0.15, 0.2) is 55.1 Å². The third kappa shape index (κ3) is 3.85. The highest BCUT2D eigenvalue weighted by Gasteiger charge is 2.12.